The molecule has 0 amide bonds. The van der Waals surface area contributed by atoms with Crippen molar-refractivity contribution < 1.29 is 0 Å². The SMILES string of the molecule is Cc1ccccc1C1(c2cccc(-c3[nH]c(-c4ccc5c(ccc6ccccc65)c4)cc3-c3cccc(C(C)(C)C)c3)c2C)c2ccccc2-c2ccccc21. The van der Waals surface area contributed by atoms with E-state index in [-0.39, 0.29) is 5.41 Å². The summed E-state index contributed by atoms with van der Waals surface area (Å²) in [5.74, 6) is 0. The van der Waals surface area contributed by atoms with Crippen LogP contribution >= 0.6 is 0 Å². The molecule has 270 valence electrons. The zero-order chi connectivity index (χ0) is 38.2. The van der Waals surface area contributed by atoms with Gasteiger partial charge in [-0.25, -0.2) is 0 Å². The molecule has 1 aromatic heterocycles. The van der Waals surface area contributed by atoms with Crippen LogP contribution in [-0.4, -0.2) is 4.98 Å². The number of aryl methyl sites for hydroxylation is 1. The van der Waals surface area contributed by atoms with E-state index < -0.39 is 5.41 Å². The molecule has 1 heterocycles. The van der Waals surface area contributed by atoms with Crippen LogP contribution < -0.4 is 0 Å². The van der Waals surface area contributed by atoms with Crippen molar-refractivity contribution in [3.8, 4) is 44.8 Å². The van der Waals surface area contributed by atoms with E-state index in [0.29, 0.717) is 0 Å². The Balaban J connectivity index is 1.23. The summed E-state index contributed by atoms with van der Waals surface area (Å²) in [5, 5.41) is 5.07. The summed E-state index contributed by atoms with van der Waals surface area (Å²) in [4.78, 5) is 4.03. The predicted octanol–water partition coefficient (Wildman–Crippen LogP) is 14.6. The molecule has 1 heteroatoms. The lowest BCUT2D eigenvalue weighted by atomic mass is 9.65. The number of fused-ring (bicyclic) bond motifs is 6. The second kappa shape index (κ2) is 12.8. The van der Waals surface area contributed by atoms with Crippen LogP contribution in [0.25, 0.3) is 66.3 Å². The lowest BCUT2D eigenvalue weighted by Gasteiger charge is -2.36. The van der Waals surface area contributed by atoms with Gasteiger partial charge in [0, 0.05) is 16.8 Å². The largest absolute Gasteiger partial charge is 0.354 e. The highest BCUT2D eigenvalue weighted by Gasteiger charge is 2.47. The van der Waals surface area contributed by atoms with Crippen molar-refractivity contribution in [2.75, 3.05) is 0 Å². The van der Waals surface area contributed by atoms with E-state index in [1.165, 1.54) is 93.9 Å². The molecule has 0 bridgehead atoms. The molecule has 1 aliphatic carbocycles. The van der Waals surface area contributed by atoms with E-state index in [0.717, 1.165) is 11.4 Å². The normalized spacial score (nSPS) is 13.2. The van der Waals surface area contributed by atoms with Gasteiger partial charge in [-0.15, -0.1) is 0 Å². The predicted molar refractivity (Wildman–Crippen MR) is 238 cm³/mol. The van der Waals surface area contributed by atoms with Crippen LogP contribution in [0.1, 0.15) is 59.7 Å². The Labute approximate surface area is 330 Å². The topological polar surface area (TPSA) is 15.8 Å². The van der Waals surface area contributed by atoms with Crippen LogP contribution in [0.15, 0.2) is 176 Å². The van der Waals surface area contributed by atoms with Gasteiger partial charge in [0.05, 0.1) is 11.1 Å². The average molecular weight is 720 g/mol. The Hall–Kier alpha value is -6.44. The Morgan fingerprint density at radius 3 is 1.79 bits per heavy atom. The monoisotopic (exact) mass is 719 g/mol. The number of aromatic amines is 1. The van der Waals surface area contributed by atoms with E-state index in [2.05, 4.69) is 216 Å². The minimum absolute atomic E-state index is 0.0233. The molecule has 56 heavy (non-hydrogen) atoms. The van der Waals surface area contributed by atoms with Crippen molar-refractivity contribution in [1.82, 2.24) is 4.98 Å². The number of nitrogens with one attached hydrogen (secondary N) is 1. The Kier molecular flexibility index (Phi) is 7.80. The Morgan fingerprint density at radius 1 is 0.429 bits per heavy atom. The Morgan fingerprint density at radius 2 is 1.04 bits per heavy atom. The fourth-order valence-corrected chi connectivity index (χ4v) is 9.65. The maximum Gasteiger partial charge on any atom is 0.0718 e. The van der Waals surface area contributed by atoms with Gasteiger partial charge in [0.15, 0.2) is 0 Å². The molecule has 10 rings (SSSR count). The first-order valence-corrected chi connectivity index (χ1v) is 19.9. The lowest BCUT2D eigenvalue weighted by Crippen LogP contribution is -2.30. The molecule has 9 aromatic rings. The first-order valence-electron chi connectivity index (χ1n) is 19.9. The van der Waals surface area contributed by atoms with Crippen LogP contribution in [0.2, 0.25) is 0 Å². The van der Waals surface area contributed by atoms with Crippen molar-refractivity contribution in [2.24, 2.45) is 0 Å². The Bertz CT molecular complexity index is 2940. The molecule has 8 aromatic carbocycles. The van der Waals surface area contributed by atoms with Gasteiger partial charge in [-0.1, -0.05) is 185 Å². The summed E-state index contributed by atoms with van der Waals surface area (Å²) in [6.07, 6.45) is 0. The van der Waals surface area contributed by atoms with Gasteiger partial charge in [0.1, 0.15) is 0 Å². The fourth-order valence-electron chi connectivity index (χ4n) is 9.65. The summed E-state index contributed by atoms with van der Waals surface area (Å²) < 4.78 is 0. The highest BCUT2D eigenvalue weighted by atomic mass is 14.7. The van der Waals surface area contributed by atoms with Crippen LogP contribution in [-0.2, 0) is 10.8 Å². The smallest absolute Gasteiger partial charge is 0.0718 e. The zero-order valence-electron chi connectivity index (χ0n) is 32.7. The third-order valence-electron chi connectivity index (χ3n) is 12.4. The van der Waals surface area contributed by atoms with Gasteiger partial charge in [0.25, 0.3) is 0 Å². The lowest BCUT2D eigenvalue weighted by molar-refractivity contribution is 0.590. The molecule has 0 spiro atoms. The van der Waals surface area contributed by atoms with E-state index in [1.54, 1.807) is 0 Å². The van der Waals surface area contributed by atoms with E-state index in [9.17, 15) is 0 Å². The molecule has 0 radical (unpaired) electrons. The minimum Gasteiger partial charge on any atom is -0.354 e. The van der Waals surface area contributed by atoms with Crippen molar-refractivity contribution in [2.45, 2.75) is 45.4 Å². The summed E-state index contributed by atoms with van der Waals surface area (Å²) in [6, 6.07) is 65.6. The molecular formula is C55H45N. The third-order valence-corrected chi connectivity index (χ3v) is 12.4. The highest BCUT2D eigenvalue weighted by molar-refractivity contribution is 6.08. The molecule has 0 saturated heterocycles. The summed E-state index contributed by atoms with van der Waals surface area (Å²) in [6.45, 7) is 11.5. The molecule has 1 aliphatic rings. The van der Waals surface area contributed by atoms with E-state index >= 15 is 0 Å². The maximum atomic E-state index is 4.03. The number of rotatable bonds is 5. The van der Waals surface area contributed by atoms with Crippen molar-refractivity contribution >= 4 is 21.5 Å². The van der Waals surface area contributed by atoms with Crippen LogP contribution in [0.5, 0.6) is 0 Å². The van der Waals surface area contributed by atoms with E-state index in [1.807, 2.05) is 0 Å². The molecule has 0 fully saturated rings. The van der Waals surface area contributed by atoms with Crippen molar-refractivity contribution in [1.29, 1.82) is 0 Å². The van der Waals surface area contributed by atoms with Crippen LogP contribution in [0.4, 0.5) is 0 Å². The molecule has 0 atom stereocenters. The van der Waals surface area contributed by atoms with Crippen molar-refractivity contribution in [3.63, 3.8) is 0 Å². The van der Waals surface area contributed by atoms with Crippen LogP contribution in [0.3, 0.4) is 0 Å². The second-order valence-electron chi connectivity index (χ2n) is 16.7. The van der Waals surface area contributed by atoms with Gasteiger partial charge in [-0.3, -0.25) is 0 Å². The first-order chi connectivity index (χ1) is 27.2. The zero-order valence-corrected chi connectivity index (χ0v) is 32.7. The molecule has 0 aliphatic heterocycles. The van der Waals surface area contributed by atoms with Gasteiger partial charge >= 0.3 is 0 Å². The molecule has 0 saturated carbocycles. The van der Waals surface area contributed by atoms with Gasteiger partial charge in [0.2, 0.25) is 0 Å². The first kappa shape index (κ1) is 34.1. The maximum absolute atomic E-state index is 4.03. The van der Waals surface area contributed by atoms with Crippen LogP contribution in [0, 0.1) is 13.8 Å². The van der Waals surface area contributed by atoms with E-state index in [4.69, 9.17) is 0 Å². The fraction of sp³-hybridized carbons (Fsp3) is 0.127. The van der Waals surface area contributed by atoms with Gasteiger partial charge in [-0.05, 0) is 114 Å². The highest BCUT2D eigenvalue weighted by Crippen LogP contribution is 2.58. The standard InChI is InChI=1S/C55H45N/c1-35-16-6-11-24-48(35)55(50-25-12-9-21-45(50)46-22-10-13-26-51(46)55)49-27-15-23-42(36(49)2)53-47(38-18-14-19-41(33-38)54(3,4)5)34-52(56-53)40-30-31-44-39(32-40)29-28-37-17-7-8-20-43(37)44/h6-34,56H,1-5H3. The molecular weight excluding hydrogens is 675 g/mol. The third kappa shape index (κ3) is 5.15. The quantitative estimate of drug-likeness (QED) is 0.171. The average Bonchev–Trinajstić information content (AvgIpc) is 3.79. The number of H-pyrrole nitrogens is 1. The summed E-state index contributed by atoms with van der Waals surface area (Å²) >= 11 is 0. The minimum atomic E-state index is -0.485. The number of hydrogen-bond acceptors (Lipinski definition) is 0. The van der Waals surface area contributed by atoms with Gasteiger partial charge < -0.3 is 4.98 Å². The second-order valence-corrected chi connectivity index (χ2v) is 16.7. The van der Waals surface area contributed by atoms with Gasteiger partial charge in [-0.2, -0.15) is 0 Å². The molecule has 1 N–H and O–H groups in total. The molecule has 1 nitrogen and oxygen atoms in total. The summed E-state index contributed by atoms with van der Waals surface area (Å²) in [5.41, 5.74) is 18.4. The molecule has 0 unspecified atom stereocenters. The number of aromatic nitrogens is 1. The number of hydrogen-bond donors (Lipinski definition) is 1. The number of benzene rings is 8. The van der Waals surface area contributed by atoms with Crippen molar-refractivity contribution in [3.05, 3.63) is 215 Å². The summed E-state index contributed by atoms with van der Waals surface area (Å²) in [7, 11) is 0.